The standard InChI is InChI=1S/C20H26N2O2/c1-2-16-8-9-19-18(14-16)22(11-13-23-12-10-21)15-20(24-19)17-6-4-3-5-7-17/h3-9,14,20H,2,10-13,15,21H2,1H3. The molecule has 0 aliphatic carbocycles. The molecule has 1 aliphatic heterocycles. The predicted octanol–water partition coefficient (Wildman–Crippen LogP) is 3.16. The Labute approximate surface area is 144 Å². The fraction of sp³-hybridized carbons (Fsp3) is 0.400. The Morgan fingerprint density at radius 3 is 2.75 bits per heavy atom. The zero-order valence-electron chi connectivity index (χ0n) is 14.3. The topological polar surface area (TPSA) is 47.7 Å². The molecule has 0 amide bonds. The van der Waals surface area contributed by atoms with Crippen molar-refractivity contribution < 1.29 is 9.47 Å². The molecule has 0 saturated carbocycles. The Hall–Kier alpha value is -2.04. The summed E-state index contributed by atoms with van der Waals surface area (Å²) in [5.41, 5.74) is 9.19. The smallest absolute Gasteiger partial charge is 0.143 e. The number of ether oxygens (including phenoxy) is 2. The van der Waals surface area contributed by atoms with Crippen molar-refractivity contribution in [2.75, 3.05) is 37.7 Å². The Morgan fingerprint density at radius 1 is 1.17 bits per heavy atom. The van der Waals surface area contributed by atoms with Crippen molar-refractivity contribution in [1.29, 1.82) is 0 Å². The van der Waals surface area contributed by atoms with Gasteiger partial charge in [0.2, 0.25) is 0 Å². The van der Waals surface area contributed by atoms with Gasteiger partial charge >= 0.3 is 0 Å². The van der Waals surface area contributed by atoms with Gasteiger partial charge in [-0.15, -0.1) is 0 Å². The molecule has 0 fully saturated rings. The second-order valence-corrected chi connectivity index (χ2v) is 6.02. The van der Waals surface area contributed by atoms with E-state index in [1.165, 1.54) is 11.1 Å². The summed E-state index contributed by atoms with van der Waals surface area (Å²) in [5, 5.41) is 0. The van der Waals surface area contributed by atoms with Crippen molar-refractivity contribution in [1.82, 2.24) is 0 Å². The molecule has 1 unspecified atom stereocenters. The van der Waals surface area contributed by atoms with Crippen LogP contribution in [0.5, 0.6) is 5.75 Å². The van der Waals surface area contributed by atoms with Crippen LogP contribution in [0, 0.1) is 0 Å². The molecule has 0 spiro atoms. The number of fused-ring (bicyclic) bond motifs is 1. The van der Waals surface area contributed by atoms with Gasteiger partial charge in [-0.1, -0.05) is 43.3 Å². The van der Waals surface area contributed by atoms with Gasteiger partial charge in [-0.3, -0.25) is 0 Å². The third kappa shape index (κ3) is 3.89. The first-order valence-corrected chi connectivity index (χ1v) is 8.69. The van der Waals surface area contributed by atoms with Crippen LogP contribution in [0.2, 0.25) is 0 Å². The summed E-state index contributed by atoms with van der Waals surface area (Å²) in [6, 6.07) is 16.9. The van der Waals surface area contributed by atoms with Gasteiger partial charge in [-0.2, -0.15) is 0 Å². The van der Waals surface area contributed by atoms with Crippen LogP contribution in [-0.4, -0.2) is 32.8 Å². The van der Waals surface area contributed by atoms with Crippen LogP contribution in [0.1, 0.15) is 24.2 Å². The average molecular weight is 326 g/mol. The van der Waals surface area contributed by atoms with E-state index in [2.05, 4.69) is 54.3 Å². The SMILES string of the molecule is CCc1ccc2c(c1)N(CCOCCN)CC(c1ccccc1)O2. The molecule has 4 nitrogen and oxygen atoms in total. The molecule has 1 atom stereocenters. The number of aryl methyl sites for hydroxylation is 1. The van der Waals surface area contributed by atoms with Crippen molar-refractivity contribution in [2.45, 2.75) is 19.4 Å². The zero-order valence-corrected chi connectivity index (χ0v) is 14.3. The minimum Gasteiger partial charge on any atom is -0.482 e. The van der Waals surface area contributed by atoms with Crippen LogP contribution >= 0.6 is 0 Å². The minimum absolute atomic E-state index is 0.0423. The van der Waals surface area contributed by atoms with Crippen LogP contribution in [-0.2, 0) is 11.2 Å². The van der Waals surface area contributed by atoms with Crippen LogP contribution in [0.25, 0.3) is 0 Å². The first-order valence-electron chi connectivity index (χ1n) is 8.69. The molecular formula is C20H26N2O2. The molecule has 0 bridgehead atoms. The summed E-state index contributed by atoms with van der Waals surface area (Å²) in [7, 11) is 0. The van der Waals surface area contributed by atoms with E-state index in [9.17, 15) is 0 Å². The normalized spacial score (nSPS) is 16.6. The number of nitrogens with two attached hydrogens (primary N) is 1. The lowest BCUT2D eigenvalue weighted by Crippen LogP contribution is -2.37. The van der Waals surface area contributed by atoms with Crippen molar-refractivity contribution >= 4 is 5.69 Å². The Kier molecular flexibility index (Phi) is 5.72. The zero-order chi connectivity index (χ0) is 16.8. The molecule has 4 heteroatoms. The second-order valence-electron chi connectivity index (χ2n) is 6.02. The van der Waals surface area contributed by atoms with Crippen molar-refractivity contribution in [2.24, 2.45) is 5.73 Å². The van der Waals surface area contributed by atoms with Crippen molar-refractivity contribution in [3.8, 4) is 5.75 Å². The van der Waals surface area contributed by atoms with Gasteiger partial charge in [-0.05, 0) is 29.7 Å². The summed E-state index contributed by atoms with van der Waals surface area (Å²) < 4.78 is 11.9. The molecule has 0 saturated heterocycles. The fourth-order valence-corrected chi connectivity index (χ4v) is 3.03. The number of rotatable bonds is 7. The highest BCUT2D eigenvalue weighted by Crippen LogP contribution is 2.38. The molecule has 0 radical (unpaired) electrons. The number of anilines is 1. The third-order valence-electron chi connectivity index (χ3n) is 4.37. The average Bonchev–Trinajstić information content (AvgIpc) is 2.65. The molecule has 2 aromatic carbocycles. The molecule has 0 aromatic heterocycles. The van der Waals surface area contributed by atoms with Gasteiger partial charge in [0.15, 0.2) is 0 Å². The van der Waals surface area contributed by atoms with E-state index in [-0.39, 0.29) is 6.10 Å². The Balaban J connectivity index is 1.81. The second kappa shape index (κ2) is 8.18. The van der Waals surface area contributed by atoms with E-state index in [1.807, 2.05) is 6.07 Å². The summed E-state index contributed by atoms with van der Waals surface area (Å²) in [5.74, 6) is 0.950. The Bertz CT molecular complexity index is 645. The van der Waals surface area contributed by atoms with Gasteiger partial charge in [0, 0.05) is 13.1 Å². The summed E-state index contributed by atoms with van der Waals surface area (Å²) >= 11 is 0. The van der Waals surface area contributed by atoms with E-state index in [1.54, 1.807) is 0 Å². The maximum absolute atomic E-state index is 6.27. The summed E-state index contributed by atoms with van der Waals surface area (Å²) in [4.78, 5) is 2.37. The molecular weight excluding hydrogens is 300 g/mol. The number of hydrogen-bond acceptors (Lipinski definition) is 4. The lowest BCUT2D eigenvalue weighted by Gasteiger charge is -2.36. The first-order chi connectivity index (χ1) is 11.8. The summed E-state index contributed by atoms with van der Waals surface area (Å²) in [6.45, 7) is 5.69. The molecule has 1 heterocycles. The highest BCUT2D eigenvalue weighted by Gasteiger charge is 2.26. The third-order valence-corrected chi connectivity index (χ3v) is 4.37. The molecule has 2 aromatic rings. The van der Waals surface area contributed by atoms with E-state index < -0.39 is 0 Å². The van der Waals surface area contributed by atoms with E-state index in [0.29, 0.717) is 19.8 Å². The molecule has 128 valence electrons. The quantitative estimate of drug-likeness (QED) is 0.794. The molecule has 3 rings (SSSR count). The van der Waals surface area contributed by atoms with Gasteiger partial charge in [0.05, 0.1) is 25.4 Å². The first kappa shape index (κ1) is 16.8. The Morgan fingerprint density at radius 2 is 2.00 bits per heavy atom. The maximum atomic E-state index is 6.27. The van der Waals surface area contributed by atoms with E-state index in [0.717, 1.165) is 30.9 Å². The van der Waals surface area contributed by atoms with Gasteiger partial charge < -0.3 is 20.1 Å². The fourth-order valence-electron chi connectivity index (χ4n) is 3.03. The highest BCUT2D eigenvalue weighted by molar-refractivity contribution is 5.62. The number of benzene rings is 2. The monoisotopic (exact) mass is 326 g/mol. The maximum Gasteiger partial charge on any atom is 0.143 e. The van der Waals surface area contributed by atoms with Crippen LogP contribution in [0.15, 0.2) is 48.5 Å². The van der Waals surface area contributed by atoms with Crippen molar-refractivity contribution in [3.05, 3.63) is 59.7 Å². The minimum atomic E-state index is 0.0423. The van der Waals surface area contributed by atoms with Crippen LogP contribution in [0.3, 0.4) is 0 Å². The predicted molar refractivity (Wildman–Crippen MR) is 97.7 cm³/mol. The van der Waals surface area contributed by atoms with Crippen LogP contribution in [0.4, 0.5) is 5.69 Å². The lowest BCUT2D eigenvalue weighted by atomic mass is 10.0. The lowest BCUT2D eigenvalue weighted by molar-refractivity contribution is 0.140. The largest absolute Gasteiger partial charge is 0.482 e. The van der Waals surface area contributed by atoms with Gasteiger partial charge in [0.1, 0.15) is 11.9 Å². The van der Waals surface area contributed by atoms with Crippen molar-refractivity contribution in [3.63, 3.8) is 0 Å². The molecule has 24 heavy (non-hydrogen) atoms. The number of hydrogen-bond donors (Lipinski definition) is 1. The molecule has 2 N–H and O–H groups in total. The van der Waals surface area contributed by atoms with E-state index in [4.69, 9.17) is 15.2 Å². The number of nitrogens with zero attached hydrogens (tertiary/aromatic N) is 1. The van der Waals surface area contributed by atoms with Gasteiger partial charge in [0.25, 0.3) is 0 Å². The highest BCUT2D eigenvalue weighted by atomic mass is 16.5. The summed E-state index contributed by atoms with van der Waals surface area (Å²) in [6.07, 6.45) is 1.06. The van der Waals surface area contributed by atoms with E-state index >= 15 is 0 Å². The molecule has 1 aliphatic rings. The van der Waals surface area contributed by atoms with Crippen LogP contribution < -0.4 is 15.4 Å². The van der Waals surface area contributed by atoms with Gasteiger partial charge in [-0.25, -0.2) is 0 Å².